The molecular weight excluding hydrogens is 398 g/mol. The second-order valence-electron chi connectivity index (χ2n) is 7.07. The third kappa shape index (κ3) is 3.99. The maximum Gasteiger partial charge on any atom is 0.262 e. The number of thioether (sulfide) groups is 1. The summed E-state index contributed by atoms with van der Waals surface area (Å²) in [6, 6.07) is 15.4. The summed E-state index contributed by atoms with van der Waals surface area (Å²) in [6.07, 6.45) is 1.50. The second-order valence-corrected chi connectivity index (χ2v) is 8.40. The minimum absolute atomic E-state index is 0.159. The van der Waals surface area contributed by atoms with E-state index in [1.165, 1.54) is 18.0 Å². The Balaban J connectivity index is 1.59. The quantitative estimate of drug-likeness (QED) is 0.379. The van der Waals surface area contributed by atoms with Gasteiger partial charge in [0.05, 0.1) is 17.1 Å². The maximum atomic E-state index is 12.7. The van der Waals surface area contributed by atoms with Gasteiger partial charge in [0.15, 0.2) is 10.8 Å². The van der Waals surface area contributed by atoms with Crippen LogP contribution in [0, 0.1) is 13.8 Å². The lowest BCUT2D eigenvalue weighted by Crippen LogP contribution is -2.23. The zero-order valence-corrected chi connectivity index (χ0v) is 17.7. The average molecular weight is 420 g/mol. The number of amides is 1. The molecule has 1 amide bonds. The number of rotatable bonds is 5. The van der Waals surface area contributed by atoms with E-state index >= 15 is 0 Å². The molecule has 2 aromatic heterocycles. The molecule has 0 saturated heterocycles. The van der Waals surface area contributed by atoms with Gasteiger partial charge in [-0.25, -0.2) is 9.67 Å². The van der Waals surface area contributed by atoms with Crippen LogP contribution in [0.1, 0.15) is 18.1 Å². The fourth-order valence-corrected chi connectivity index (χ4v) is 3.83. The first-order chi connectivity index (χ1) is 14.4. The highest BCUT2D eigenvalue weighted by atomic mass is 32.2. The van der Waals surface area contributed by atoms with Crippen LogP contribution in [0.15, 0.2) is 64.7 Å². The molecule has 152 valence electrons. The summed E-state index contributed by atoms with van der Waals surface area (Å²) in [5.74, 6) is -0.159. The van der Waals surface area contributed by atoms with Crippen molar-refractivity contribution in [2.75, 3.05) is 5.32 Å². The van der Waals surface area contributed by atoms with E-state index in [9.17, 15) is 9.59 Å². The Bertz CT molecular complexity index is 1280. The molecule has 0 fully saturated rings. The number of para-hydroxylation sites is 1. The van der Waals surface area contributed by atoms with Gasteiger partial charge in [-0.2, -0.15) is 5.10 Å². The Kier molecular flexibility index (Phi) is 5.41. The molecule has 2 N–H and O–H groups in total. The van der Waals surface area contributed by atoms with E-state index in [1.807, 2.05) is 62.4 Å². The Labute approximate surface area is 177 Å². The van der Waals surface area contributed by atoms with Gasteiger partial charge in [0.2, 0.25) is 5.91 Å². The van der Waals surface area contributed by atoms with Gasteiger partial charge in [-0.1, -0.05) is 42.1 Å². The van der Waals surface area contributed by atoms with Crippen LogP contribution in [0.25, 0.3) is 16.7 Å². The molecule has 0 spiro atoms. The van der Waals surface area contributed by atoms with Gasteiger partial charge >= 0.3 is 0 Å². The first kappa shape index (κ1) is 19.9. The van der Waals surface area contributed by atoms with Crippen LogP contribution in [0.4, 0.5) is 5.69 Å². The second kappa shape index (κ2) is 8.16. The van der Waals surface area contributed by atoms with E-state index in [0.29, 0.717) is 16.2 Å². The van der Waals surface area contributed by atoms with E-state index in [0.717, 1.165) is 22.5 Å². The first-order valence-corrected chi connectivity index (χ1v) is 10.4. The van der Waals surface area contributed by atoms with E-state index in [2.05, 4.69) is 20.4 Å². The van der Waals surface area contributed by atoms with Crippen molar-refractivity contribution in [2.24, 2.45) is 0 Å². The van der Waals surface area contributed by atoms with Crippen molar-refractivity contribution in [2.45, 2.75) is 31.2 Å². The SMILES string of the molecule is Cc1ccc(C)c(NC(=O)[C@@H](C)Sc2nc3c(cnn3-c3ccccc3)c(=O)[nH]2)c1. The minimum Gasteiger partial charge on any atom is -0.325 e. The Hall–Kier alpha value is -3.39. The predicted octanol–water partition coefficient (Wildman–Crippen LogP) is 3.84. The Morgan fingerprint density at radius 3 is 2.70 bits per heavy atom. The summed E-state index contributed by atoms with van der Waals surface area (Å²) in [6.45, 7) is 5.71. The molecule has 1 atom stereocenters. The van der Waals surface area contributed by atoms with E-state index < -0.39 is 5.25 Å². The Morgan fingerprint density at radius 2 is 1.93 bits per heavy atom. The summed E-state index contributed by atoms with van der Waals surface area (Å²) in [7, 11) is 0. The van der Waals surface area contributed by atoms with Crippen molar-refractivity contribution < 1.29 is 4.79 Å². The number of anilines is 1. The van der Waals surface area contributed by atoms with E-state index in [-0.39, 0.29) is 11.5 Å². The molecule has 7 nitrogen and oxygen atoms in total. The normalized spacial score (nSPS) is 12.1. The first-order valence-electron chi connectivity index (χ1n) is 9.50. The van der Waals surface area contributed by atoms with Crippen LogP contribution in [0.5, 0.6) is 0 Å². The third-order valence-electron chi connectivity index (χ3n) is 4.73. The zero-order valence-electron chi connectivity index (χ0n) is 16.8. The van der Waals surface area contributed by atoms with Gasteiger partial charge < -0.3 is 10.3 Å². The van der Waals surface area contributed by atoms with Crippen molar-refractivity contribution in [3.05, 3.63) is 76.2 Å². The number of hydrogen-bond donors (Lipinski definition) is 2. The maximum absolute atomic E-state index is 12.7. The largest absolute Gasteiger partial charge is 0.325 e. The molecule has 4 rings (SSSR count). The van der Waals surface area contributed by atoms with Gasteiger partial charge in [0.1, 0.15) is 5.39 Å². The molecule has 2 aromatic carbocycles. The van der Waals surface area contributed by atoms with E-state index in [4.69, 9.17) is 0 Å². The molecule has 8 heteroatoms. The monoisotopic (exact) mass is 419 g/mol. The number of hydrogen-bond acceptors (Lipinski definition) is 5. The molecule has 0 saturated carbocycles. The fraction of sp³-hybridized carbons (Fsp3) is 0.182. The average Bonchev–Trinajstić information content (AvgIpc) is 3.16. The highest BCUT2D eigenvalue weighted by Gasteiger charge is 2.19. The number of nitrogens with zero attached hydrogens (tertiary/aromatic N) is 3. The zero-order chi connectivity index (χ0) is 21.3. The molecule has 0 aliphatic carbocycles. The lowest BCUT2D eigenvalue weighted by molar-refractivity contribution is -0.115. The summed E-state index contributed by atoms with van der Waals surface area (Å²) in [5, 5.41) is 7.57. The van der Waals surface area contributed by atoms with Crippen LogP contribution in [-0.2, 0) is 4.79 Å². The molecule has 0 aliphatic heterocycles. The van der Waals surface area contributed by atoms with Crippen molar-refractivity contribution in [3.8, 4) is 5.69 Å². The summed E-state index contributed by atoms with van der Waals surface area (Å²) < 4.78 is 1.62. The number of aromatic nitrogens is 4. The number of nitrogens with one attached hydrogen (secondary N) is 2. The van der Waals surface area contributed by atoms with Gasteiger partial charge in [-0.15, -0.1) is 0 Å². The smallest absolute Gasteiger partial charge is 0.262 e. The topological polar surface area (TPSA) is 92.7 Å². The minimum atomic E-state index is -0.460. The number of benzene rings is 2. The van der Waals surface area contributed by atoms with Crippen LogP contribution in [0.3, 0.4) is 0 Å². The fourth-order valence-electron chi connectivity index (χ4n) is 3.04. The molecular formula is C22H21N5O2S. The lowest BCUT2D eigenvalue weighted by atomic mass is 10.1. The molecule has 4 aromatic rings. The number of H-pyrrole nitrogens is 1. The van der Waals surface area contributed by atoms with Crippen LogP contribution < -0.4 is 10.9 Å². The predicted molar refractivity (Wildman–Crippen MR) is 119 cm³/mol. The summed E-state index contributed by atoms with van der Waals surface area (Å²) >= 11 is 1.20. The number of aryl methyl sites for hydroxylation is 2. The van der Waals surface area contributed by atoms with Gasteiger partial charge in [0, 0.05) is 5.69 Å². The van der Waals surface area contributed by atoms with E-state index in [1.54, 1.807) is 11.6 Å². The molecule has 0 aliphatic rings. The third-order valence-corrected chi connectivity index (χ3v) is 5.71. The van der Waals surface area contributed by atoms with Crippen molar-refractivity contribution >= 4 is 34.4 Å². The molecule has 2 heterocycles. The van der Waals surface area contributed by atoms with Gasteiger partial charge in [-0.3, -0.25) is 9.59 Å². The van der Waals surface area contributed by atoms with Crippen LogP contribution in [0.2, 0.25) is 0 Å². The molecule has 0 unspecified atom stereocenters. The standard InChI is InChI=1S/C22H21N5O2S/c1-13-9-10-14(2)18(11-13)24-20(28)15(3)30-22-25-19-17(21(29)26-22)12-23-27(19)16-7-5-4-6-8-16/h4-12,15H,1-3H3,(H,24,28)(H,25,26,29)/t15-/m1/s1. The van der Waals surface area contributed by atoms with Crippen molar-refractivity contribution in [3.63, 3.8) is 0 Å². The van der Waals surface area contributed by atoms with Crippen molar-refractivity contribution in [1.29, 1.82) is 0 Å². The molecule has 0 bridgehead atoms. The molecule has 0 radical (unpaired) electrons. The highest BCUT2D eigenvalue weighted by Crippen LogP contribution is 2.23. The number of carbonyl (C=O) groups excluding carboxylic acids is 1. The van der Waals surface area contributed by atoms with Crippen LogP contribution >= 0.6 is 11.8 Å². The van der Waals surface area contributed by atoms with Gasteiger partial charge in [-0.05, 0) is 50.1 Å². The number of aromatic amines is 1. The lowest BCUT2D eigenvalue weighted by Gasteiger charge is -2.13. The number of fused-ring (bicyclic) bond motifs is 1. The summed E-state index contributed by atoms with van der Waals surface area (Å²) in [5.41, 5.74) is 3.82. The summed E-state index contributed by atoms with van der Waals surface area (Å²) in [4.78, 5) is 32.5. The number of carbonyl (C=O) groups is 1. The van der Waals surface area contributed by atoms with Crippen molar-refractivity contribution in [1.82, 2.24) is 19.7 Å². The Morgan fingerprint density at radius 1 is 1.17 bits per heavy atom. The highest BCUT2D eigenvalue weighted by molar-refractivity contribution is 8.00. The molecule has 30 heavy (non-hydrogen) atoms. The van der Waals surface area contributed by atoms with Gasteiger partial charge in [0.25, 0.3) is 5.56 Å². The van der Waals surface area contributed by atoms with Crippen LogP contribution in [-0.4, -0.2) is 30.9 Å².